The van der Waals surface area contributed by atoms with E-state index in [2.05, 4.69) is 42.4 Å². The van der Waals surface area contributed by atoms with Crippen LogP contribution in [0.4, 0.5) is 0 Å². The van der Waals surface area contributed by atoms with E-state index in [-0.39, 0.29) is 11.7 Å². The minimum atomic E-state index is 0.171. The van der Waals surface area contributed by atoms with Crippen LogP contribution >= 0.6 is 11.3 Å². The van der Waals surface area contributed by atoms with Crippen molar-refractivity contribution in [3.63, 3.8) is 0 Å². The van der Waals surface area contributed by atoms with Crippen LogP contribution in [0.3, 0.4) is 0 Å². The van der Waals surface area contributed by atoms with Gasteiger partial charge in [-0.1, -0.05) is 53.3 Å². The summed E-state index contributed by atoms with van der Waals surface area (Å²) in [4.78, 5) is 17.4. The molecule has 1 atom stereocenters. The maximum absolute atomic E-state index is 12.7. The van der Waals surface area contributed by atoms with Crippen LogP contribution in [0.25, 0.3) is 15.3 Å². The highest BCUT2D eigenvalue weighted by Crippen LogP contribution is 2.35. The molecule has 0 saturated heterocycles. The van der Waals surface area contributed by atoms with Crippen molar-refractivity contribution in [2.75, 3.05) is 0 Å². The molecule has 5 heteroatoms. The summed E-state index contributed by atoms with van der Waals surface area (Å²) in [6.07, 6.45) is 3.05. The number of thiazole rings is 1. The topological polar surface area (TPSA) is 47.8 Å². The lowest BCUT2D eigenvalue weighted by atomic mass is 9.82. The van der Waals surface area contributed by atoms with Crippen molar-refractivity contribution in [3.05, 3.63) is 77.1 Å². The number of carbonyl (C=O) groups is 1. The van der Waals surface area contributed by atoms with E-state index in [4.69, 9.17) is 4.98 Å². The number of hydrogen-bond donors (Lipinski definition) is 0. The molecule has 26 heavy (non-hydrogen) atoms. The predicted octanol–water partition coefficient (Wildman–Crippen LogP) is 4.70. The Morgan fingerprint density at radius 2 is 2.00 bits per heavy atom. The summed E-state index contributed by atoms with van der Waals surface area (Å²) in [5, 5.41) is 5.33. The molecular weight excluding hydrogens is 342 g/mol. The average molecular weight is 359 g/mol. The minimum absolute atomic E-state index is 0.171. The molecular formula is C21H17N3OS. The van der Waals surface area contributed by atoms with Crippen LogP contribution in [-0.4, -0.2) is 20.5 Å². The van der Waals surface area contributed by atoms with Crippen molar-refractivity contribution >= 4 is 27.3 Å². The smallest absolute Gasteiger partial charge is 0.211 e. The molecule has 0 radical (unpaired) electrons. The summed E-state index contributed by atoms with van der Waals surface area (Å²) in [6, 6.07) is 16.5. The lowest BCUT2D eigenvalue weighted by Gasteiger charge is -2.22. The minimum Gasteiger partial charge on any atom is -0.294 e. The number of aromatic nitrogens is 3. The van der Waals surface area contributed by atoms with Crippen LogP contribution in [0.1, 0.15) is 39.5 Å². The van der Waals surface area contributed by atoms with Gasteiger partial charge >= 0.3 is 0 Å². The number of para-hydroxylation sites is 1. The normalized spacial score (nSPS) is 16.8. The van der Waals surface area contributed by atoms with Gasteiger partial charge in [0.15, 0.2) is 5.78 Å². The third-order valence-electron chi connectivity index (χ3n) is 5.02. The number of nitrogens with zero attached hydrogens (tertiary/aromatic N) is 3. The Kier molecular flexibility index (Phi) is 3.50. The summed E-state index contributed by atoms with van der Waals surface area (Å²) in [7, 11) is 0. The Morgan fingerprint density at radius 1 is 1.12 bits per heavy atom. The first kappa shape index (κ1) is 15.5. The molecule has 0 bridgehead atoms. The second-order valence-corrected chi connectivity index (χ2v) is 7.83. The number of benzene rings is 2. The van der Waals surface area contributed by atoms with Gasteiger partial charge in [0.2, 0.25) is 5.13 Å². The van der Waals surface area contributed by atoms with Crippen LogP contribution in [0.5, 0.6) is 0 Å². The molecule has 4 aromatic rings. The van der Waals surface area contributed by atoms with E-state index in [0.29, 0.717) is 6.42 Å². The first-order valence-electron chi connectivity index (χ1n) is 8.71. The summed E-state index contributed by atoms with van der Waals surface area (Å²) in [6.45, 7) is 2.09. The molecule has 5 rings (SSSR count). The average Bonchev–Trinajstić information content (AvgIpc) is 3.25. The molecule has 0 amide bonds. The summed E-state index contributed by atoms with van der Waals surface area (Å²) < 4.78 is 2.99. The zero-order chi connectivity index (χ0) is 17.7. The highest BCUT2D eigenvalue weighted by Gasteiger charge is 2.30. The molecule has 4 nitrogen and oxygen atoms in total. The van der Waals surface area contributed by atoms with Crippen LogP contribution in [0, 0.1) is 6.92 Å². The molecule has 0 spiro atoms. The van der Waals surface area contributed by atoms with Gasteiger partial charge < -0.3 is 0 Å². The Hall–Kier alpha value is -2.79. The van der Waals surface area contributed by atoms with Gasteiger partial charge in [-0.3, -0.25) is 4.79 Å². The number of aryl methyl sites for hydroxylation is 1. The van der Waals surface area contributed by atoms with E-state index in [0.717, 1.165) is 33.0 Å². The number of carbonyl (C=O) groups excluding carboxylic acids is 1. The number of ketones is 1. The summed E-state index contributed by atoms with van der Waals surface area (Å²) in [5.41, 5.74) is 5.13. The third-order valence-corrected chi connectivity index (χ3v) is 6.03. The molecule has 1 aliphatic carbocycles. The van der Waals surface area contributed by atoms with Crippen LogP contribution in [-0.2, 0) is 6.42 Å². The molecule has 0 aliphatic heterocycles. The molecule has 0 N–H and O–H groups in total. The monoisotopic (exact) mass is 359 g/mol. The SMILES string of the molecule is Cc1cccc([C@H]2CC(=O)c3cnn(-c4nc5ccccc5s4)c3C2)c1. The number of fused-ring (bicyclic) bond motifs is 2. The van der Waals surface area contributed by atoms with Gasteiger partial charge in [-0.15, -0.1) is 0 Å². The number of rotatable bonds is 2. The molecule has 0 saturated carbocycles. The molecule has 2 aromatic carbocycles. The lowest BCUT2D eigenvalue weighted by Crippen LogP contribution is -2.20. The quantitative estimate of drug-likeness (QED) is 0.521. The second kappa shape index (κ2) is 5.88. The van der Waals surface area contributed by atoms with Crippen molar-refractivity contribution < 1.29 is 4.79 Å². The van der Waals surface area contributed by atoms with Gasteiger partial charge in [0.05, 0.1) is 27.7 Å². The highest BCUT2D eigenvalue weighted by molar-refractivity contribution is 7.20. The van der Waals surface area contributed by atoms with E-state index >= 15 is 0 Å². The zero-order valence-electron chi connectivity index (χ0n) is 14.3. The van der Waals surface area contributed by atoms with Crippen molar-refractivity contribution in [2.45, 2.75) is 25.7 Å². The van der Waals surface area contributed by atoms with Gasteiger partial charge in [0.25, 0.3) is 0 Å². The van der Waals surface area contributed by atoms with Crippen molar-refractivity contribution in [1.29, 1.82) is 0 Å². The Morgan fingerprint density at radius 3 is 2.85 bits per heavy atom. The van der Waals surface area contributed by atoms with Gasteiger partial charge in [0, 0.05) is 6.42 Å². The predicted molar refractivity (Wildman–Crippen MR) is 103 cm³/mol. The molecule has 0 fully saturated rings. The molecule has 128 valence electrons. The van der Waals surface area contributed by atoms with Crippen molar-refractivity contribution in [1.82, 2.24) is 14.8 Å². The maximum Gasteiger partial charge on any atom is 0.211 e. The highest BCUT2D eigenvalue weighted by atomic mass is 32.1. The first-order valence-corrected chi connectivity index (χ1v) is 9.53. The maximum atomic E-state index is 12.7. The third kappa shape index (κ3) is 2.47. The number of hydrogen-bond acceptors (Lipinski definition) is 4. The van der Waals surface area contributed by atoms with E-state index in [1.165, 1.54) is 11.1 Å². The van der Waals surface area contributed by atoms with Crippen LogP contribution in [0.15, 0.2) is 54.7 Å². The Balaban J connectivity index is 1.59. The molecule has 0 unspecified atom stereocenters. The fourth-order valence-electron chi connectivity index (χ4n) is 3.72. The fraction of sp³-hybridized carbons (Fsp3) is 0.190. The van der Waals surface area contributed by atoms with Gasteiger partial charge in [-0.05, 0) is 37.0 Å². The zero-order valence-corrected chi connectivity index (χ0v) is 15.2. The van der Waals surface area contributed by atoms with Crippen molar-refractivity contribution in [2.24, 2.45) is 0 Å². The Bertz CT molecular complexity index is 1110. The summed E-state index contributed by atoms with van der Waals surface area (Å²) >= 11 is 1.61. The summed E-state index contributed by atoms with van der Waals surface area (Å²) in [5.74, 6) is 0.366. The van der Waals surface area contributed by atoms with Gasteiger partial charge in [-0.2, -0.15) is 5.10 Å². The van der Waals surface area contributed by atoms with E-state index in [1.807, 2.05) is 22.9 Å². The largest absolute Gasteiger partial charge is 0.294 e. The molecule has 2 aromatic heterocycles. The van der Waals surface area contributed by atoms with Crippen molar-refractivity contribution in [3.8, 4) is 5.13 Å². The second-order valence-electron chi connectivity index (χ2n) is 6.82. The standard InChI is InChI=1S/C21H17N3OS/c1-13-5-4-6-14(9-13)15-10-18-16(19(25)11-15)12-22-24(18)21-23-17-7-2-3-8-20(17)26-21/h2-9,12,15H,10-11H2,1H3/t15-/m1/s1. The fourth-order valence-corrected chi connectivity index (χ4v) is 4.67. The van der Waals surface area contributed by atoms with Crippen LogP contribution < -0.4 is 0 Å². The van der Waals surface area contributed by atoms with E-state index in [1.54, 1.807) is 17.5 Å². The first-order chi connectivity index (χ1) is 12.7. The number of Topliss-reactive ketones (excluding diaryl/α,β-unsaturated/α-hetero) is 1. The Labute approximate surface area is 155 Å². The molecule has 2 heterocycles. The molecule has 1 aliphatic rings. The lowest BCUT2D eigenvalue weighted by molar-refractivity contribution is 0.0963. The van der Waals surface area contributed by atoms with E-state index < -0.39 is 0 Å². The van der Waals surface area contributed by atoms with Gasteiger partial charge in [0.1, 0.15) is 0 Å². The van der Waals surface area contributed by atoms with E-state index in [9.17, 15) is 4.79 Å². The van der Waals surface area contributed by atoms with Gasteiger partial charge in [-0.25, -0.2) is 9.67 Å². The van der Waals surface area contributed by atoms with Crippen LogP contribution in [0.2, 0.25) is 0 Å².